The Bertz CT molecular complexity index is 1360. The van der Waals surface area contributed by atoms with E-state index in [1.54, 1.807) is 28.9 Å². The van der Waals surface area contributed by atoms with Gasteiger partial charge in [0.2, 0.25) is 15.9 Å². The largest absolute Gasteiger partial charge is 0.472 e. The van der Waals surface area contributed by atoms with Crippen molar-refractivity contribution in [3.63, 3.8) is 0 Å². The summed E-state index contributed by atoms with van der Waals surface area (Å²) in [5, 5.41) is 9.98. The van der Waals surface area contributed by atoms with Gasteiger partial charge in [-0.3, -0.25) is 0 Å². The summed E-state index contributed by atoms with van der Waals surface area (Å²) in [6.07, 6.45) is 0. The molecule has 2 heterocycles. The summed E-state index contributed by atoms with van der Waals surface area (Å²) in [5.74, 6) is 0.205. The van der Waals surface area contributed by atoms with Crippen LogP contribution >= 0.6 is 0 Å². The average molecular weight is 421 g/mol. The van der Waals surface area contributed by atoms with Crippen LogP contribution in [0.2, 0.25) is 0 Å². The summed E-state index contributed by atoms with van der Waals surface area (Å²) < 4.78 is 44.5. The number of halogens is 1. The van der Waals surface area contributed by atoms with Crippen molar-refractivity contribution in [3.8, 4) is 34.0 Å². The molecular weight excluding hydrogens is 405 g/mol. The van der Waals surface area contributed by atoms with Gasteiger partial charge in [0.1, 0.15) is 18.1 Å². The molecule has 0 saturated carbocycles. The molecule has 0 saturated heterocycles. The molecule has 0 bridgehead atoms. The number of sulfonamides is 1. The summed E-state index contributed by atoms with van der Waals surface area (Å²) in [4.78, 5) is 0.0140. The Morgan fingerprint density at radius 2 is 1.60 bits per heavy atom. The molecule has 150 valence electrons. The van der Waals surface area contributed by atoms with Gasteiger partial charge in [0.25, 0.3) is 0 Å². The van der Waals surface area contributed by atoms with Crippen LogP contribution in [0.25, 0.3) is 28.1 Å². The second kappa shape index (κ2) is 6.79. The molecule has 8 heteroatoms. The number of primary sulfonamides is 1. The van der Waals surface area contributed by atoms with E-state index < -0.39 is 10.0 Å². The predicted octanol–water partition coefficient (Wildman–Crippen LogP) is 3.89. The van der Waals surface area contributed by atoms with Crippen LogP contribution in [-0.4, -0.2) is 18.2 Å². The number of hydrogen-bond acceptors (Lipinski definition) is 4. The van der Waals surface area contributed by atoms with Crippen LogP contribution in [0.15, 0.2) is 77.7 Å². The Kier molecular flexibility index (Phi) is 4.19. The van der Waals surface area contributed by atoms with E-state index in [9.17, 15) is 12.8 Å². The molecule has 2 N–H and O–H groups in total. The fourth-order valence-corrected chi connectivity index (χ4v) is 4.08. The van der Waals surface area contributed by atoms with Crippen molar-refractivity contribution in [2.24, 2.45) is 5.14 Å². The van der Waals surface area contributed by atoms with Gasteiger partial charge in [-0.15, -0.1) is 0 Å². The minimum absolute atomic E-state index is 0.0140. The third kappa shape index (κ3) is 3.06. The molecule has 30 heavy (non-hydrogen) atoms. The fourth-order valence-electron chi connectivity index (χ4n) is 3.57. The van der Waals surface area contributed by atoms with Crippen molar-refractivity contribution in [2.75, 3.05) is 0 Å². The predicted molar refractivity (Wildman–Crippen MR) is 110 cm³/mol. The van der Waals surface area contributed by atoms with Gasteiger partial charge in [0, 0.05) is 11.1 Å². The van der Waals surface area contributed by atoms with Crippen LogP contribution in [0.3, 0.4) is 0 Å². The van der Waals surface area contributed by atoms with Gasteiger partial charge in [-0.25, -0.2) is 17.9 Å². The summed E-state index contributed by atoms with van der Waals surface area (Å²) in [7, 11) is -3.80. The van der Waals surface area contributed by atoms with E-state index in [1.165, 1.54) is 24.3 Å². The number of benzene rings is 3. The molecule has 1 aliphatic rings. The molecule has 1 aliphatic heterocycles. The van der Waals surface area contributed by atoms with Crippen LogP contribution in [0.1, 0.15) is 5.56 Å². The summed E-state index contributed by atoms with van der Waals surface area (Å²) in [5.41, 5.74) is 4.61. The molecule has 0 atom stereocenters. The van der Waals surface area contributed by atoms with E-state index in [1.807, 2.05) is 24.3 Å². The molecule has 0 radical (unpaired) electrons. The Hall–Kier alpha value is -3.49. The first-order chi connectivity index (χ1) is 14.4. The molecule has 4 aromatic rings. The highest BCUT2D eigenvalue weighted by atomic mass is 32.2. The Balaban J connectivity index is 1.75. The monoisotopic (exact) mass is 421 g/mol. The highest BCUT2D eigenvalue weighted by Crippen LogP contribution is 2.43. The second-order valence-corrected chi connectivity index (χ2v) is 8.50. The van der Waals surface area contributed by atoms with Gasteiger partial charge in [-0.2, -0.15) is 9.78 Å². The summed E-state index contributed by atoms with van der Waals surface area (Å²) >= 11 is 0. The van der Waals surface area contributed by atoms with E-state index in [-0.39, 0.29) is 10.7 Å². The number of ether oxygens (including phenoxy) is 1. The Labute approximate surface area is 172 Å². The lowest BCUT2D eigenvalue weighted by atomic mass is 10.0. The number of rotatable bonds is 3. The van der Waals surface area contributed by atoms with Crippen LogP contribution in [0, 0.1) is 5.82 Å². The van der Waals surface area contributed by atoms with Crippen molar-refractivity contribution in [2.45, 2.75) is 11.5 Å². The highest BCUT2D eigenvalue weighted by Gasteiger charge is 2.27. The molecule has 1 aromatic heterocycles. The van der Waals surface area contributed by atoms with Crippen LogP contribution in [0.4, 0.5) is 4.39 Å². The van der Waals surface area contributed by atoms with Crippen molar-refractivity contribution < 1.29 is 17.5 Å². The molecule has 0 amide bonds. The molecule has 0 spiro atoms. The quantitative estimate of drug-likeness (QED) is 0.544. The van der Waals surface area contributed by atoms with E-state index in [4.69, 9.17) is 15.0 Å². The summed E-state index contributed by atoms with van der Waals surface area (Å²) in [6.45, 7) is 0.389. The minimum atomic E-state index is -3.80. The molecule has 0 aliphatic carbocycles. The number of nitrogens with two attached hydrogens (primary N) is 1. The van der Waals surface area contributed by atoms with E-state index in [2.05, 4.69) is 0 Å². The van der Waals surface area contributed by atoms with Gasteiger partial charge in [0.05, 0.1) is 16.1 Å². The SMILES string of the molecule is NS(=O)(=O)c1ccc(-c2nn3c(c2-c2ccc(F)cc2)OCc2ccccc2-3)cc1. The van der Waals surface area contributed by atoms with E-state index >= 15 is 0 Å². The molecule has 3 aromatic carbocycles. The van der Waals surface area contributed by atoms with Gasteiger partial charge in [-0.1, -0.05) is 42.5 Å². The summed E-state index contributed by atoms with van der Waals surface area (Å²) in [6, 6.07) is 20.0. The third-order valence-corrected chi connectivity index (χ3v) is 5.95. The maximum atomic E-state index is 13.5. The Morgan fingerprint density at radius 1 is 0.933 bits per heavy atom. The third-order valence-electron chi connectivity index (χ3n) is 5.02. The molecular formula is C22H16FN3O3S. The normalized spacial score (nSPS) is 12.7. The first-order valence-electron chi connectivity index (χ1n) is 9.15. The number of para-hydroxylation sites is 1. The minimum Gasteiger partial charge on any atom is -0.472 e. The van der Waals surface area contributed by atoms with Gasteiger partial charge in [-0.05, 0) is 35.9 Å². The zero-order chi connectivity index (χ0) is 20.9. The zero-order valence-electron chi connectivity index (χ0n) is 15.6. The molecule has 6 nitrogen and oxygen atoms in total. The second-order valence-electron chi connectivity index (χ2n) is 6.93. The number of fused-ring (bicyclic) bond motifs is 3. The first kappa shape index (κ1) is 18.5. The zero-order valence-corrected chi connectivity index (χ0v) is 16.4. The molecule has 0 fully saturated rings. The highest BCUT2D eigenvalue weighted by molar-refractivity contribution is 7.89. The first-order valence-corrected chi connectivity index (χ1v) is 10.7. The van der Waals surface area contributed by atoms with Crippen LogP contribution in [-0.2, 0) is 16.6 Å². The van der Waals surface area contributed by atoms with Gasteiger partial charge in [0.15, 0.2) is 0 Å². The maximum Gasteiger partial charge on any atom is 0.238 e. The lowest BCUT2D eigenvalue weighted by molar-refractivity contribution is 0.272. The van der Waals surface area contributed by atoms with Crippen molar-refractivity contribution in [1.82, 2.24) is 9.78 Å². The van der Waals surface area contributed by atoms with Crippen LogP contribution in [0.5, 0.6) is 5.88 Å². The fraction of sp³-hybridized carbons (Fsp3) is 0.0455. The van der Waals surface area contributed by atoms with Crippen molar-refractivity contribution >= 4 is 10.0 Å². The molecule has 5 rings (SSSR count). The number of nitrogens with zero attached hydrogens (tertiary/aromatic N) is 2. The average Bonchev–Trinajstić information content (AvgIpc) is 3.14. The van der Waals surface area contributed by atoms with Crippen molar-refractivity contribution in [1.29, 1.82) is 0 Å². The van der Waals surface area contributed by atoms with Gasteiger partial charge >= 0.3 is 0 Å². The topological polar surface area (TPSA) is 87.2 Å². The maximum absolute atomic E-state index is 13.5. The number of hydrogen-bond donors (Lipinski definition) is 1. The van der Waals surface area contributed by atoms with E-state index in [0.717, 1.165) is 16.8 Å². The lowest BCUT2D eigenvalue weighted by Gasteiger charge is -2.19. The standard InChI is InChI=1S/C22H16FN3O3S/c23-17-9-5-14(6-10-17)20-21(15-7-11-18(12-8-15)30(24,27)28)25-26-19-4-2-1-3-16(19)13-29-22(20)26/h1-12H,13H2,(H2,24,27,28). The van der Waals surface area contributed by atoms with Crippen LogP contribution < -0.4 is 9.88 Å². The lowest BCUT2D eigenvalue weighted by Crippen LogP contribution is -2.12. The van der Waals surface area contributed by atoms with Gasteiger partial charge < -0.3 is 4.74 Å². The Morgan fingerprint density at radius 3 is 2.30 bits per heavy atom. The van der Waals surface area contributed by atoms with E-state index in [0.29, 0.717) is 29.3 Å². The smallest absolute Gasteiger partial charge is 0.238 e. The number of aromatic nitrogens is 2. The molecule has 0 unspecified atom stereocenters. The van der Waals surface area contributed by atoms with Crippen molar-refractivity contribution in [3.05, 3.63) is 84.2 Å².